The van der Waals surface area contributed by atoms with E-state index in [9.17, 15) is 0 Å². The normalized spacial score (nSPS) is 31.1. The Bertz CT molecular complexity index is 452. The summed E-state index contributed by atoms with van der Waals surface area (Å²) in [6.45, 7) is 7.09. The van der Waals surface area contributed by atoms with E-state index < -0.39 is 0 Å². The fourth-order valence-electron chi connectivity index (χ4n) is 3.78. The minimum Gasteiger partial charge on any atom is -0.319 e. The summed E-state index contributed by atoms with van der Waals surface area (Å²) in [7, 11) is 0. The first-order valence-electron chi connectivity index (χ1n) is 8.16. The number of fused-ring (bicyclic) bond motifs is 1. The van der Waals surface area contributed by atoms with Crippen LogP contribution in [0.2, 0.25) is 0 Å². The van der Waals surface area contributed by atoms with Crippen LogP contribution in [-0.4, -0.2) is 4.98 Å². The average molecular weight is 292 g/mol. The minimum absolute atomic E-state index is 0.135. The Kier molecular flexibility index (Phi) is 3.70. The van der Waals surface area contributed by atoms with Crippen LogP contribution in [0.15, 0.2) is 0 Å². The standard InChI is InChI=1S/C17H28N2S/c1-16(2,3)12-8-10-17(18,11-9-12)15-19-13-6-4-5-7-14(13)20-15/h12H,4-11,18H2,1-3H3. The van der Waals surface area contributed by atoms with Crippen LogP contribution in [-0.2, 0) is 18.4 Å². The first-order valence-corrected chi connectivity index (χ1v) is 8.98. The molecule has 0 unspecified atom stereocenters. The van der Waals surface area contributed by atoms with Gasteiger partial charge in [-0.3, -0.25) is 0 Å². The van der Waals surface area contributed by atoms with Crippen molar-refractivity contribution in [3.05, 3.63) is 15.6 Å². The van der Waals surface area contributed by atoms with Crippen molar-refractivity contribution in [3.8, 4) is 0 Å². The van der Waals surface area contributed by atoms with Gasteiger partial charge in [0.25, 0.3) is 0 Å². The lowest BCUT2D eigenvalue weighted by Gasteiger charge is -2.41. The third kappa shape index (κ3) is 2.67. The number of hydrogen-bond donors (Lipinski definition) is 1. The highest BCUT2D eigenvalue weighted by atomic mass is 32.1. The van der Waals surface area contributed by atoms with Gasteiger partial charge in [0.2, 0.25) is 0 Å². The highest BCUT2D eigenvalue weighted by molar-refractivity contribution is 7.11. The van der Waals surface area contributed by atoms with Gasteiger partial charge in [-0.2, -0.15) is 0 Å². The zero-order valence-corrected chi connectivity index (χ0v) is 14.0. The molecule has 2 N–H and O–H groups in total. The van der Waals surface area contributed by atoms with Crippen LogP contribution in [0, 0.1) is 11.3 Å². The Hall–Kier alpha value is -0.410. The predicted molar refractivity (Wildman–Crippen MR) is 86.0 cm³/mol. The SMILES string of the molecule is CC(C)(C)C1CCC(N)(c2nc3c(s2)CCCC3)CC1. The lowest BCUT2D eigenvalue weighted by Crippen LogP contribution is -2.42. The van der Waals surface area contributed by atoms with Gasteiger partial charge in [-0.1, -0.05) is 20.8 Å². The molecule has 3 rings (SSSR count). The first-order chi connectivity index (χ1) is 9.38. The van der Waals surface area contributed by atoms with E-state index in [1.807, 2.05) is 11.3 Å². The highest BCUT2D eigenvalue weighted by Gasteiger charge is 2.39. The highest BCUT2D eigenvalue weighted by Crippen LogP contribution is 2.45. The van der Waals surface area contributed by atoms with Crippen molar-refractivity contribution in [2.45, 2.75) is 77.7 Å². The van der Waals surface area contributed by atoms with E-state index in [1.54, 1.807) is 0 Å². The molecule has 1 fully saturated rings. The van der Waals surface area contributed by atoms with Gasteiger partial charge >= 0.3 is 0 Å². The van der Waals surface area contributed by atoms with Crippen LogP contribution in [0.3, 0.4) is 0 Å². The van der Waals surface area contributed by atoms with Crippen LogP contribution >= 0.6 is 11.3 Å². The molecule has 1 aromatic rings. The van der Waals surface area contributed by atoms with Crippen LogP contribution in [0.25, 0.3) is 0 Å². The summed E-state index contributed by atoms with van der Waals surface area (Å²) in [5, 5.41) is 1.23. The van der Waals surface area contributed by atoms with Crippen LogP contribution in [0.1, 0.15) is 74.9 Å². The van der Waals surface area contributed by atoms with Crippen molar-refractivity contribution in [2.24, 2.45) is 17.1 Å². The maximum absolute atomic E-state index is 6.75. The molecule has 2 aliphatic carbocycles. The van der Waals surface area contributed by atoms with Crippen molar-refractivity contribution >= 4 is 11.3 Å². The second-order valence-electron chi connectivity index (χ2n) is 7.89. The second-order valence-corrected chi connectivity index (χ2v) is 8.98. The van der Waals surface area contributed by atoms with Gasteiger partial charge in [0, 0.05) is 4.88 Å². The molecule has 0 aliphatic heterocycles. The van der Waals surface area contributed by atoms with Gasteiger partial charge < -0.3 is 5.73 Å². The summed E-state index contributed by atoms with van der Waals surface area (Å²) >= 11 is 1.91. The zero-order chi connectivity index (χ0) is 14.4. The van der Waals surface area contributed by atoms with Gasteiger partial charge in [-0.25, -0.2) is 4.98 Å². The minimum atomic E-state index is -0.135. The van der Waals surface area contributed by atoms with Crippen molar-refractivity contribution in [2.75, 3.05) is 0 Å². The Morgan fingerprint density at radius 2 is 1.80 bits per heavy atom. The molecular formula is C17H28N2S. The van der Waals surface area contributed by atoms with Crippen molar-refractivity contribution in [1.82, 2.24) is 4.98 Å². The molecule has 1 heterocycles. The summed E-state index contributed by atoms with van der Waals surface area (Å²) in [4.78, 5) is 6.45. The van der Waals surface area contributed by atoms with Crippen LogP contribution < -0.4 is 5.73 Å². The third-order valence-electron chi connectivity index (χ3n) is 5.37. The Labute approximate surface area is 127 Å². The van der Waals surface area contributed by atoms with Crippen LogP contribution in [0.5, 0.6) is 0 Å². The topological polar surface area (TPSA) is 38.9 Å². The van der Waals surface area contributed by atoms with Gasteiger partial charge in [0.05, 0.1) is 11.2 Å². The summed E-state index contributed by atoms with van der Waals surface area (Å²) in [5.41, 5.74) is 8.39. The van der Waals surface area contributed by atoms with E-state index in [1.165, 1.54) is 54.1 Å². The molecule has 1 saturated carbocycles. The van der Waals surface area contributed by atoms with Gasteiger partial charge in [0.1, 0.15) is 5.01 Å². The molecule has 2 aliphatic rings. The van der Waals surface area contributed by atoms with E-state index in [-0.39, 0.29) is 5.54 Å². The van der Waals surface area contributed by atoms with Crippen molar-refractivity contribution in [3.63, 3.8) is 0 Å². The maximum atomic E-state index is 6.75. The number of nitrogens with zero attached hydrogens (tertiary/aromatic N) is 1. The predicted octanol–water partition coefficient (Wildman–Crippen LogP) is 4.41. The third-order valence-corrected chi connectivity index (χ3v) is 6.75. The maximum Gasteiger partial charge on any atom is 0.113 e. The van der Waals surface area contributed by atoms with Crippen molar-refractivity contribution < 1.29 is 0 Å². The molecule has 2 nitrogen and oxygen atoms in total. The number of thiazole rings is 1. The molecule has 0 atom stereocenters. The molecular weight excluding hydrogens is 264 g/mol. The quantitative estimate of drug-likeness (QED) is 0.832. The van der Waals surface area contributed by atoms with E-state index in [2.05, 4.69) is 20.8 Å². The van der Waals surface area contributed by atoms with Gasteiger partial charge in [0.15, 0.2) is 0 Å². The Balaban J connectivity index is 1.76. The van der Waals surface area contributed by atoms with E-state index in [0.29, 0.717) is 5.41 Å². The Morgan fingerprint density at radius 1 is 1.15 bits per heavy atom. The molecule has 0 spiro atoms. The number of aromatic nitrogens is 1. The fourth-order valence-corrected chi connectivity index (χ4v) is 5.09. The molecule has 1 aromatic heterocycles. The molecule has 0 amide bonds. The average Bonchev–Trinajstić information content (AvgIpc) is 2.82. The molecule has 20 heavy (non-hydrogen) atoms. The first kappa shape index (κ1) is 14.5. The van der Waals surface area contributed by atoms with Gasteiger partial charge in [-0.15, -0.1) is 11.3 Å². The number of nitrogens with two attached hydrogens (primary N) is 1. The summed E-state index contributed by atoms with van der Waals surface area (Å²) < 4.78 is 0. The molecule has 0 bridgehead atoms. The Morgan fingerprint density at radius 3 is 2.40 bits per heavy atom. The van der Waals surface area contributed by atoms with E-state index >= 15 is 0 Å². The second kappa shape index (κ2) is 5.10. The lowest BCUT2D eigenvalue weighted by molar-refractivity contribution is 0.133. The fraction of sp³-hybridized carbons (Fsp3) is 0.824. The summed E-state index contributed by atoms with van der Waals surface area (Å²) in [6, 6.07) is 0. The van der Waals surface area contributed by atoms with Crippen LogP contribution in [0.4, 0.5) is 0 Å². The monoisotopic (exact) mass is 292 g/mol. The zero-order valence-electron chi connectivity index (χ0n) is 13.2. The molecule has 112 valence electrons. The molecule has 0 radical (unpaired) electrons. The van der Waals surface area contributed by atoms with Crippen molar-refractivity contribution in [1.29, 1.82) is 0 Å². The van der Waals surface area contributed by atoms with E-state index in [0.717, 1.165) is 18.8 Å². The van der Waals surface area contributed by atoms with E-state index in [4.69, 9.17) is 10.7 Å². The molecule has 3 heteroatoms. The summed E-state index contributed by atoms with van der Waals surface area (Å²) in [6.07, 6.45) is 9.77. The largest absolute Gasteiger partial charge is 0.319 e. The number of aryl methyl sites for hydroxylation is 2. The summed E-state index contributed by atoms with van der Waals surface area (Å²) in [5.74, 6) is 0.814. The van der Waals surface area contributed by atoms with Gasteiger partial charge in [-0.05, 0) is 62.7 Å². The smallest absolute Gasteiger partial charge is 0.113 e. The number of rotatable bonds is 1. The molecule has 0 aromatic carbocycles. The molecule has 0 saturated heterocycles. The lowest BCUT2D eigenvalue weighted by atomic mass is 9.68. The number of hydrogen-bond acceptors (Lipinski definition) is 3.